The second-order valence-electron chi connectivity index (χ2n) is 22.4. The van der Waals surface area contributed by atoms with E-state index >= 15 is 0 Å². The van der Waals surface area contributed by atoms with E-state index in [1.165, 1.54) is 186 Å². The summed E-state index contributed by atoms with van der Waals surface area (Å²) >= 11 is 0. The number of hydrogen-bond acceptors (Lipinski definition) is 6. The first-order valence-corrected chi connectivity index (χ1v) is 32.9. The molecule has 3 atom stereocenters. The van der Waals surface area contributed by atoms with Crippen LogP contribution in [0.4, 0.5) is 0 Å². The van der Waals surface area contributed by atoms with Crippen LogP contribution in [0.1, 0.15) is 277 Å². The fourth-order valence-electron chi connectivity index (χ4n) is 8.96. The fourth-order valence-corrected chi connectivity index (χ4v) is 9.69. The number of phosphoric ester groups is 1. The van der Waals surface area contributed by atoms with Crippen LogP contribution in [0.15, 0.2) is 85.1 Å². The Labute approximate surface area is 465 Å². The minimum Gasteiger partial charge on any atom is -0.756 e. The summed E-state index contributed by atoms with van der Waals surface area (Å²) in [5.41, 5.74) is 0. The number of hydrogen-bond donors (Lipinski definition) is 2. The minimum absolute atomic E-state index is 0.00701. The third-order valence-electron chi connectivity index (χ3n) is 13.8. The molecule has 3 unspecified atom stereocenters. The molecule has 0 aliphatic carbocycles. The highest BCUT2D eigenvalue weighted by Crippen LogP contribution is 2.38. The molecule has 0 heterocycles. The van der Waals surface area contributed by atoms with Gasteiger partial charge < -0.3 is 28.8 Å². The van der Waals surface area contributed by atoms with Crippen molar-refractivity contribution in [3.63, 3.8) is 0 Å². The molecule has 75 heavy (non-hydrogen) atoms. The van der Waals surface area contributed by atoms with E-state index in [1.807, 2.05) is 27.2 Å². The number of nitrogens with zero attached hydrogens (tertiary/aromatic N) is 1. The molecule has 8 nitrogen and oxygen atoms in total. The number of phosphoric acid groups is 1. The Morgan fingerprint density at radius 2 is 0.827 bits per heavy atom. The van der Waals surface area contributed by atoms with Crippen LogP contribution in [0.25, 0.3) is 0 Å². The summed E-state index contributed by atoms with van der Waals surface area (Å²) in [6.45, 7) is 4.52. The van der Waals surface area contributed by atoms with Gasteiger partial charge in [0.25, 0.3) is 7.82 Å². The number of nitrogens with one attached hydrogen (secondary N) is 1. The summed E-state index contributed by atoms with van der Waals surface area (Å²) in [5.74, 6) is -0.205. The first kappa shape index (κ1) is 72.7. The molecule has 0 spiro atoms. The number of amides is 1. The van der Waals surface area contributed by atoms with E-state index in [2.05, 4.69) is 92.1 Å². The zero-order chi connectivity index (χ0) is 54.9. The topological polar surface area (TPSA) is 108 Å². The molecule has 0 saturated heterocycles. The van der Waals surface area contributed by atoms with Crippen molar-refractivity contribution in [2.45, 2.75) is 289 Å². The number of rotatable bonds is 57. The van der Waals surface area contributed by atoms with Crippen molar-refractivity contribution in [1.82, 2.24) is 5.32 Å². The van der Waals surface area contributed by atoms with Gasteiger partial charge in [-0.25, -0.2) is 0 Å². The Bertz CT molecular complexity index is 1500. The third kappa shape index (κ3) is 59.2. The molecule has 2 N–H and O–H groups in total. The van der Waals surface area contributed by atoms with Gasteiger partial charge in [-0.15, -0.1) is 0 Å². The van der Waals surface area contributed by atoms with Gasteiger partial charge in [0.05, 0.1) is 39.9 Å². The number of quaternary nitrogens is 1. The highest BCUT2D eigenvalue weighted by Gasteiger charge is 2.23. The van der Waals surface area contributed by atoms with Gasteiger partial charge in [0.1, 0.15) is 13.2 Å². The molecule has 0 radical (unpaired) electrons. The van der Waals surface area contributed by atoms with Crippen LogP contribution in [0.2, 0.25) is 0 Å². The Hall–Kier alpha value is -2.32. The van der Waals surface area contributed by atoms with Crippen molar-refractivity contribution in [3.8, 4) is 0 Å². The molecule has 436 valence electrons. The number of carbonyl (C=O) groups is 1. The Balaban J connectivity index is 3.94. The van der Waals surface area contributed by atoms with E-state index in [0.29, 0.717) is 17.4 Å². The molecule has 0 aromatic carbocycles. The smallest absolute Gasteiger partial charge is 0.268 e. The summed E-state index contributed by atoms with van der Waals surface area (Å²) < 4.78 is 23.3. The second-order valence-corrected chi connectivity index (χ2v) is 23.8. The highest BCUT2D eigenvalue weighted by atomic mass is 31.2. The van der Waals surface area contributed by atoms with Gasteiger partial charge in [-0.3, -0.25) is 9.36 Å². The molecule has 9 heteroatoms. The maximum Gasteiger partial charge on any atom is 0.268 e. The number of likely N-dealkylation sites (N-methyl/N-ethyl adjacent to an activating group) is 1. The molecule has 0 rings (SSSR count). The Morgan fingerprint density at radius 3 is 1.24 bits per heavy atom. The molecule has 0 fully saturated rings. The molecular formula is C66H121N2O6P. The molecule has 0 aromatic rings. The number of aliphatic hydroxyl groups is 1. The Kier molecular flexibility index (Phi) is 54.7. The third-order valence-corrected chi connectivity index (χ3v) is 14.8. The number of carbonyl (C=O) groups excluding carboxylic acids is 1. The molecule has 0 bridgehead atoms. The van der Waals surface area contributed by atoms with Crippen molar-refractivity contribution >= 4 is 13.7 Å². The maximum absolute atomic E-state index is 13.0. The van der Waals surface area contributed by atoms with Crippen LogP contribution < -0.4 is 10.2 Å². The summed E-state index contributed by atoms with van der Waals surface area (Å²) in [5, 5.41) is 13.8. The van der Waals surface area contributed by atoms with Crippen LogP contribution in [-0.4, -0.2) is 68.5 Å². The average Bonchev–Trinajstić information content (AvgIpc) is 3.37. The summed E-state index contributed by atoms with van der Waals surface area (Å²) in [7, 11) is 1.25. The summed E-state index contributed by atoms with van der Waals surface area (Å²) in [6, 6.07) is -0.904. The number of aliphatic hydroxyl groups excluding tert-OH is 1. The van der Waals surface area contributed by atoms with Gasteiger partial charge in [0.2, 0.25) is 5.91 Å². The van der Waals surface area contributed by atoms with Crippen molar-refractivity contribution < 1.29 is 32.9 Å². The van der Waals surface area contributed by atoms with E-state index in [1.54, 1.807) is 6.08 Å². The van der Waals surface area contributed by atoms with Crippen molar-refractivity contribution in [1.29, 1.82) is 0 Å². The first-order chi connectivity index (χ1) is 36.5. The summed E-state index contributed by atoms with van der Waals surface area (Å²) in [4.78, 5) is 25.5. The lowest BCUT2D eigenvalue weighted by atomic mass is 10.0. The second kappa shape index (κ2) is 56.4. The van der Waals surface area contributed by atoms with Crippen LogP contribution in [0.3, 0.4) is 0 Å². The normalized spacial score (nSPS) is 14.4. The largest absolute Gasteiger partial charge is 0.756 e. The zero-order valence-electron chi connectivity index (χ0n) is 49.7. The SMILES string of the molecule is CC/C=C\C/C=C\C/C=C\C/C=C\C/C=C\CCCCCCCCCCCCCCCCCCCCCCCCCC(=O)NC(COP(=O)([O-])OCC[N+](C)(C)C)C(O)/C=C/CC/C=C/CCCCCCCCCC. The van der Waals surface area contributed by atoms with Crippen molar-refractivity contribution in [2.24, 2.45) is 0 Å². The van der Waals surface area contributed by atoms with Gasteiger partial charge >= 0.3 is 0 Å². The van der Waals surface area contributed by atoms with E-state index in [4.69, 9.17) is 9.05 Å². The minimum atomic E-state index is -4.60. The molecule has 0 aliphatic heterocycles. The molecule has 0 aromatic heterocycles. The Morgan fingerprint density at radius 1 is 0.480 bits per heavy atom. The van der Waals surface area contributed by atoms with E-state index in [0.717, 1.165) is 70.6 Å². The fraction of sp³-hybridized carbons (Fsp3) is 0.773. The van der Waals surface area contributed by atoms with Gasteiger partial charge in [-0.2, -0.15) is 0 Å². The predicted molar refractivity (Wildman–Crippen MR) is 325 cm³/mol. The van der Waals surface area contributed by atoms with Gasteiger partial charge in [0, 0.05) is 6.42 Å². The van der Waals surface area contributed by atoms with E-state index in [9.17, 15) is 19.4 Å². The lowest BCUT2D eigenvalue weighted by Gasteiger charge is -2.29. The number of allylic oxidation sites excluding steroid dienone is 13. The first-order valence-electron chi connectivity index (χ1n) is 31.4. The molecule has 0 aliphatic rings. The van der Waals surface area contributed by atoms with Crippen LogP contribution in [0, 0.1) is 0 Å². The van der Waals surface area contributed by atoms with Gasteiger partial charge in [-0.05, 0) is 77.0 Å². The van der Waals surface area contributed by atoms with Gasteiger partial charge in [-0.1, -0.05) is 279 Å². The standard InChI is InChI=1S/C66H121N2O6P/c1-6-8-10-12-14-16-18-20-22-23-24-25-26-27-28-29-30-31-32-33-34-35-36-37-38-39-40-41-42-43-44-45-46-48-50-52-54-56-58-60-66(70)67-64(63-74-75(71,72)73-62-61-68(3,4)5)65(69)59-57-55-53-51-49-47-21-19-17-15-13-11-9-7-2/h8,10,14,16,20,22,24-25,27-28,49,51,57,59,64-65,69H,6-7,9,11-13,15,17-19,21,23,26,29-48,50,52-56,58,60-63H2,1-5H3,(H-,67,70,71,72)/b10-8-,16-14-,22-20-,25-24-,28-27-,51-49+,59-57+. The molecule has 1 amide bonds. The molecular weight excluding hydrogens is 948 g/mol. The average molecular weight is 1070 g/mol. The maximum atomic E-state index is 13.0. The van der Waals surface area contributed by atoms with Crippen molar-refractivity contribution in [3.05, 3.63) is 85.1 Å². The number of unbranched alkanes of at least 4 members (excludes halogenated alkanes) is 32. The zero-order valence-corrected chi connectivity index (χ0v) is 50.6. The van der Waals surface area contributed by atoms with E-state index in [-0.39, 0.29) is 12.5 Å². The predicted octanol–water partition coefficient (Wildman–Crippen LogP) is 19.0. The lowest BCUT2D eigenvalue weighted by molar-refractivity contribution is -0.870. The lowest BCUT2D eigenvalue weighted by Crippen LogP contribution is -2.45. The van der Waals surface area contributed by atoms with Crippen molar-refractivity contribution in [2.75, 3.05) is 40.9 Å². The monoisotopic (exact) mass is 1070 g/mol. The molecule has 0 saturated carbocycles. The van der Waals surface area contributed by atoms with E-state index < -0.39 is 26.6 Å². The van der Waals surface area contributed by atoms with Crippen LogP contribution in [0.5, 0.6) is 0 Å². The summed E-state index contributed by atoms with van der Waals surface area (Å²) in [6.07, 6.45) is 79.8. The van der Waals surface area contributed by atoms with Gasteiger partial charge in [0.15, 0.2) is 0 Å². The highest BCUT2D eigenvalue weighted by molar-refractivity contribution is 7.45. The van der Waals surface area contributed by atoms with Crippen LogP contribution >= 0.6 is 7.82 Å². The quantitative estimate of drug-likeness (QED) is 0.0272. The van der Waals surface area contributed by atoms with Crippen LogP contribution in [-0.2, 0) is 18.4 Å².